The first kappa shape index (κ1) is 16.6. The summed E-state index contributed by atoms with van der Waals surface area (Å²) in [6.45, 7) is 0.447. The van der Waals surface area contributed by atoms with Crippen LogP contribution in [-0.2, 0) is 14.8 Å². The summed E-state index contributed by atoms with van der Waals surface area (Å²) in [6, 6.07) is 4.67. The Balaban J connectivity index is 2.19. The molecule has 1 aliphatic heterocycles. The van der Waals surface area contributed by atoms with Gasteiger partial charge >= 0.3 is 5.97 Å². The molecule has 0 radical (unpaired) electrons. The monoisotopic (exact) mass is 349 g/mol. The lowest BCUT2D eigenvalue weighted by molar-refractivity contribution is -0.142. The third kappa shape index (κ3) is 3.53. The van der Waals surface area contributed by atoms with Gasteiger partial charge in [0.15, 0.2) is 0 Å². The van der Waals surface area contributed by atoms with Crippen LogP contribution in [-0.4, -0.2) is 43.1 Å². The number of carbonyl (C=O) groups is 1. The van der Waals surface area contributed by atoms with Gasteiger partial charge in [0.2, 0.25) is 10.0 Å². The first-order valence-electron chi connectivity index (χ1n) is 6.42. The number of benzene rings is 1. The molecule has 1 aromatic rings. The zero-order valence-corrected chi connectivity index (χ0v) is 13.8. The fourth-order valence-electron chi connectivity index (χ4n) is 2.30. The van der Waals surface area contributed by atoms with Crippen LogP contribution in [0.2, 0.25) is 5.02 Å². The zero-order chi connectivity index (χ0) is 15.6. The van der Waals surface area contributed by atoms with Crippen LogP contribution in [0.3, 0.4) is 0 Å². The Bertz CT molecular complexity index is 640. The third-order valence-electron chi connectivity index (χ3n) is 3.56. The maximum Gasteiger partial charge on any atom is 0.306 e. The molecule has 0 atom stereocenters. The van der Waals surface area contributed by atoms with Crippen molar-refractivity contribution in [2.24, 2.45) is 5.92 Å². The standard InChI is InChI=1S/C13H16ClNO4S2/c1-20-12-3-2-10(8-11(12)14)21(18,19)15-6-4-9(5-7-15)13(16)17/h2-3,8-9H,4-7H2,1H3,(H,16,17). The number of carboxylic acids is 1. The predicted molar refractivity (Wildman–Crippen MR) is 82.4 cm³/mol. The molecule has 0 amide bonds. The van der Waals surface area contributed by atoms with Gasteiger partial charge in [0.1, 0.15) is 0 Å². The van der Waals surface area contributed by atoms with Crippen LogP contribution >= 0.6 is 23.4 Å². The Kier molecular flexibility index (Phi) is 5.19. The second kappa shape index (κ2) is 6.56. The molecule has 0 aliphatic carbocycles. The Morgan fingerprint density at radius 2 is 2.00 bits per heavy atom. The molecule has 21 heavy (non-hydrogen) atoms. The van der Waals surface area contributed by atoms with E-state index < -0.39 is 21.9 Å². The number of carboxylic acid groups (broad SMARTS) is 1. The first-order chi connectivity index (χ1) is 9.86. The summed E-state index contributed by atoms with van der Waals surface area (Å²) in [5, 5.41) is 9.36. The van der Waals surface area contributed by atoms with Crippen LogP contribution in [0.25, 0.3) is 0 Å². The van der Waals surface area contributed by atoms with Crippen LogP contribution in [0.5, 0.6) is 0 Å². The van der Waals surface area contributed by atoms with Crippen LogP contribution in [0.4, 0.5) is 0 Å². The number of sulfonamides is 1. The molecule has 1 aromatic carbocycles. The summed E-state index contributed by atoms with van der Waals surface area (Å²) < 4.78 is 26.4. The van der Waals surface area contributed by atoms with Gasteiger partial charge in [-0.3, -0.25) is 4.79 Å². The average molecular weight is 350 g/mol. The predicted octanol–water partition coefficient (Wildman–Crippen LogP) is 2.55. The molecular weight excluding hydrogens is 334 g/mol. The molecule has 0 bridgehead atoms. The highest BCUT2D eigenvalue weighted by atomic mass is 35.5. The van der Waals surface area contributed by atoms with E-state index in [9.17, 15) is 13.2 Å². The van der Waals surface area contributed by atoms with Crippen molar-refractivity contribution in [3.63, 3.8) is 0 Å². The fraction of sp³-hybridized carbons (Fsp3) is 0.462. The van der Waals surface area contributed by atoms with E-state index in [1.165, 1.54) is 28.2 Å². The molecule has 2 rings (SSSR count). The summed E-state index contributed by atoms with van der Waals surface area (Å²) in [5.74, 6) is -1.32. The molecule has 0 spiro atoms. The molecule has 0 saturated carbocycles. The maximum atomic E-state index is 12.5. The molecule has 1 aliphatic rings. The molecule has 1 fully saturated rings. The van der Waals surface area contributed by atoms with E-state index in [2.05, 4.69) is 0 Å². The third-order valence-corrected chi connectivity index (χ3v) is 6.68. The summed E-state index contributed by atoms with van der Waals surface area (Å²) in [5.41, 5.74) is 0. The number of halogens is 1. The fourth-order valence-corrected chi connectivity index (χ4v) is 4.73. The highest BCUT2D eigenvalue weighted by molar-refractivity contribution is 7.98. The molecule has 1 N–H and O–H groups in total. The SMILES string of the molecule is CSc1ccc(S(=O)(=O)N2CCC(C(=O)O)CC2)cc1Cl. The number of piperidine rings is 1. The van der Waals surface area contributed by atoms with E-state index >= 15 is 0 Å². The van der Waals surface area contributed by atoms with Gasteiger partial charge < -0.3 is 5.11 Å². The molecule has 116 valence electrons. The van der Waals surface area contributed by atoms with Crippen LogP contribution in [0.1, 0.15) is 12.8 Å². The normalized spacial score (nSPS) is 17.8. The average Bonchev–Trinajstić information content (AvgIpc) is 2.47. The highest BCUT2D eigenvalue weighted by Crippen LogP contribution is 2.30. The summed E-state index contributed by atoms with van der Waals surface area (Å²) in [4.78, 5) is 11.9. The van der Waals surface area contributed by atoms with Gasteiger partial charge in [-0.2, -0.15) is 4.31 Å². The van der Waals surface area contributed by atoms with E-state index in [0.29, 0.717) is 17.9 Å². The van der Waals surface area contributed by atoms with Gasteiger partial charge in [-0.25, -0.2) is 8.42 Å². The van der Waals surface area contributed by atoms with Crippen molar-refractivity contribution in [2.75, 3.05) is 19.3 Å². The molecule has 0 unspecified atom stereocenters. The van der Waals surface area contributed by atoms with Gasteiger partial charge in [-0.1, -0.05) is 11.6 Å². The van der Waals surface area contributed by atoms with Gasteiger partial charge in [0.05, 0.1) is 15.8 Å². The van der Waals surface area contributed by atoms with Crippen LogP contribution < -0.4 is 0 Å². The van der Waals surface area contributed by atoms with Gasteiger partial charge in [-0.05, 0) is 37.3 Å². The van der Waals surface area contributed by atoms with Crippen molar-refractivity contribution in [2.45, 2.75) is 22.6 Å². The lowest BCUT2D eigenvalue weighted by atomic mass is 9.99. The molecule has 5 nitrogen and oxygen atoms in total. The number of hydrogen-bond acceptors (Lipinski definition) is 4. The highest BCUT2D eigenvalue weighted by Gasteiger charge is 2.32. The van der Waals surface area contributed by atoms with Crippen molar-refractivity contribution in [3.8, 4) is 0 Å². The smallest absolute Gasteiger partial charge is 0.306 e. The van der Waals surface area contributed by atoms with Crippen LogP contribution in [0, 0.1) is 5.92 Å². The Morgan fingerprint density at radius 1 is 1.38 bits per heavy atom. The molecule has 1 saturated heterocycles. The topological polar surface area (TPSA) is 74.7 Å². The number of rotatable bonds is 4. The second-order valence-corrected chi connectivity index (χ2v) is 8.01. The Morgan fingerprint density at radius 3 is 2.48 bits per heavy atom. The van der Waals surface area contributed by atoms with E-state index in [1.54, 1.807) is 6.07 Å². The largest absolute Gasteiger partial charge is 0.481 e. The number of hydrogen-bond donors (Lipinski definition) is 1. The van der Waals surface area contributed by atoms with E-state index in [4.69, 9.17) is 16.7 Å². The van der Waals surface area contributed by atoms with Crippen molar-refractivity contribution in [1.29, 1.82) is 0 Å². The number of aliphatic carboxylic acids is 1. The minimum atomic E-state index is -3.61. The van der Waals surface area contributed by atoms with E-state index in [-0.39, 0.29) is 18.0 Å². The number of thioether (sulfide) groups is 1. The van der Waals surface area contributed by atoms with Crippen molar-refractivity contribution >= 4 is 39.4 Å². The summed E-state index contributed by atoms with van der Waals surface area (Å²) >= 11 is 7.51. The molecular formula is C13H16ClNO4S2. The van der Waals surface area contributed by atoms with Crippen molar-refractivity contribution < 1.29 is 18.3 Å². The van der Waals surface area contributed by atoms with E-state index in [1.807, 2.05) is 6.26 Å². The van der Waals surface area contributed by atoms with Crippen molar-refractivity contribution in [3.05, 3.63) is 23.2 Å². The molecule has 1 heterocycles. The minimum absolute atomic E-state index is 0.152. The lowest BCUT2D eigenvalue weighted by Crippen LogP contribution is -2.40. The summed E-state index contributed by atoms with van der Waals surface area (Å²) in [7, 11) is -3.61. The number of nitrogens with zero attached hydrogens (tertiary/aromatic N) is 1. The minimum Gasteiger partial charge on any atom is -0.481 e. The quantitative estimate of drug-likeness (QED) is 0.845. The first-order valence-corrected chi connectivity index (χ1v) is 9.47. The maximum absolute atomic E-state index is 12.5. The summed E-state index contributed by atoms with van der Waals surface area (Å²) in [6.07, 6.45) is 2.54. The Hall–Kier alpha value is -0.760. The lowest BCUT2D eigenvalue weighted by Gasteiger charge is -2.29. The molecule has 8 heteroatoms. The van der Waals surface area contributed by atoms with Gasteiger partial charge in [0, 0.05) is 18.0 Å². The molecule has 0 aromatic heterocycles. The second-order valence-electron chi connectivity index (χ2n) is 4.81. The Labute approximate surface area is 133 Å². The van der Waals surface area contributed by atoms with Crippen molar-refractivity contribution in [1.82, 2.24) is 4.31 Å². The van der Waals surface area contributed by atoms with Gasteiger partial charge in [0.25, 0.3) is 0 Å². The van der Waals surface area contributed by atoms with E-state index in [0.717, 1.165) is 4.90 Å². The van der Waals surface area contributed by atoms with Gasteiger partial charge in [-0.15, -0.1) is 11.8 Å². The zero-order valence-electron chi connectivity index (χ0n) is 11.5. The van der Waals surface area contributed by atoms with Crippen LogP contribution in [0.15, 0.2) is 28.0 Å².